The first-order valence-electron chi connectivity index (χ1n) is 10.5. The maximum atomic E-state index is 10.7. The van der Waals surface area contributed by atoms with Gasteiger partial charge in [-0.05, 0) is 0 Å². The SMILES string of the molecule is CCCC[PH](CC(C)C(O)C(C)C)(c1ccccc1)c1ccccc1.O=S(=O)(O)O. The Morgan fingerprint density at radius 2 is 1.27 bits per heavy atom. The zero-order valence-electron chi connectivity index (χ0n) is 18.4. The molecule has 2 rings (SSSR count). The molecule has 0 saturated heterocycles. The third-order valence-corrected chi connectivity index (χ3v) is 11.0. The van der Waals surface area contributed by atoms with E-state index in [1.54, 1.807) is 0 Å². The van der Waals surface area contributed by atoms with E-state index in [1.165, 1.54) is 29.6 Å². The van der Waals surface area contributed by atoms with E-state index in [0.717, 1.165) is 6.16 Å². The molecule has 0 aliphatic carbocycles. The summed E-state index contributed by atoms with van der Waals surface area (Å²) in [6.07, 6.45) is 4.60. The largest absolute Gasteiger partial charge is 0.394 e. The van der Waals surface area contributed by atoms with Gasteiger partial charge in [0, 0.05) is 0 Å². The van der Waals surface area contributed by atoms with Crippen molar-refractivity contribution in [3.8, 4) is 0 Å². The van der Waals surface area contributed by atoms with Gasteiger partial charge in [-0.3, -0.25) is 9.11 Å². The molecule has 2 unspecified atom stereocenters. The quantitative estimate of drug-likeness (QED) is 0.389. The first-order chi connectivity index (χ1) is 14.0. The number of hydrogen-bond donors (Lipinski definition) is 3. The molecule has 170 valence electrons. The first-order valence-corrected chi connectivity index (χ1v) is 14.3. The normalized spacial score (nSPS) is 14.5. The van der Waals surface area contributed by atoms with Gasteiger partial charge in [0.15, 0.2) is 0 Å². The maximum absolute atomic E-state index is 10.7. The Balaban J connectivity index is 0.000000804. The molecular weight excluding hydrogens is 419 g/mol. The third kappa shape index (κ3) is 8.83. The second kappa shape index (κ2) is 12.5. The number of benzene rings is 2. The molecule has 0 aliphatic heterocycles. The minimum atomic E-state index is -4.67. The Morgan fingerprint density at radius 1 is 0.867 bits per heavy atom. The van der Waals surface area contributed by atoms with Crippen LogP contribution in [0.15, 0.2) is 60.7 Å². The van der Waals surface area contributed by atoms with Crippen molar-refractivity contribution < 1.29 is 22.6 Å². The predicted octanol–water partition coefficient (Wildman–Crippen LogP) is 4.19. The van der Waals surface area contributed by atoms with Crippen LogP contribution < -0.4 is 10.6 Å². The Bertz CT molecular complexity index is 778. The molecule has 0 bridgehead atoms. The van der Waals surface area contributed by atoms with E-state index in [4.69, 9.17) is 17.5 Å². The molecule has 0 fully saturated rings. The molecule has 5 nitrogen and oxygen atoms in total. The van der Waals surface area contributed by atoms with Crippen LogP contribution in [-0.2, 0) is 10.4 Å². The molecule has 0 aromatic heterocycles. The molecule has 3 N–H and O–H groups in total. The van der Waals surface area contributed by atoms with Crippen molar-refractivity contribution in [3.63, 3.8) is 0 Å². The van der Waals surface area contributed by atoms with Crippen LogP contribution in [0.5, 0.6) is 0 Å². The molecule has 2 aromatic carbocycles. The summed E-state index contributed by atoms with van der Waals surface area (Å²) in [5, 5.41) is 13.7. The molecule has 2 aromatic rings. The zero-order valence-corrected chi connectivity index (χ0v) is 20.2. The van der Waals surface area contributed by atoms with E-state index in [2.05, 4.69) is 88.4 Å². The molecule has 2 atom stereocenters. The number of aliphatic hydroxyl groups is 1. The van der Waals surface area contributed by atoms with Crippen LogP contribution in [0.1, 0.15) is 40.5 Å². The second-order valence-corrected chi connectivity index (χ2v) is 13.4. The Morgan fingerprint density at radius 3 is 1.60 bits per heavy atom. The van der Waals surface area contributed by atoms with Gasteiger partial charge in [0.2, 0.25) is 0 Å². The Hall–Kier alpha value is -1.30. The molecule has 0 spiro atoms. The van der Waals surface area contributed by atoms with Gasteiger partial charge in [-0.2, -0.15) is 8.42 Å². The van der Waals surface area contributed by atoms with E-state index >= 15 is 0 Å². The smallest absolute Gasteiger partial charge is 0.264 e. The van der Waals surface area contributed by atoms with Gasteiger partial charge in [-0.1, -0.05) is 0 Å². The fourth-order valence-corrected chi connectivity index (χ4v) is 9.66. The van der Waals surface area contributed by atoms with Crippen molar-refractivity contribution in [1.29, 1.82) is 0 Å². The number of rotatable bonds is 9. The Kier molecular flexibility index (Phi) is 11.2. The molecule has 0 saturated carbocycles. The van der Waals surface area contributed by atoms with Crippen LogP contribution in [0, 0.1) is 11.8 Å². The standard InChI is InChI=1S/C23H35OP.H2O4S/c1-5-6-17-25(21-13-9-7-10-14-21,22-15-11-8-12-16-22)18-20(4)23(24)19(2)3;1-5(2,3)4/h7-16,19-20,23-25H,5-6,17-18H2,1-4H3;(H2,1,2,3,4). The van der Waals surface area contributed by atoms with Crippen molar-refractivity contribution in [3.05, 3.63) is 60.7 Å². The van der Waals surface area contributed by atoms with Crippen LogP contribution in [-0.4, -0.2) is 41.1 Å². The van der Waals surface area contributed by atoms with Crippen LogP contribution >= 0.6 is 7.26 Å². The third-order valence-electron chi connectivity index (χ3n) is 5.55. The van der Waals surface area contributed by atoms with Crippen molar-refractivity contribution in [2.24, 2.45) is 11.8 Å². The van der Waals surface area contributed by atoms with Gasteiger partial charge >= 0.3 is 165 Å². The topological polar surface area (TPSA) is 94.8 Å². The van der Waals surface area contributed by atoms with E-state index in [0.29, 0.717) is 11.8 Å². The van der Waals surface area contributed by atoms with Gasteiger partial charge in [-0.25, -0.2) is 0 Å². The summed E-state index contributed by atoms with van der Waals surface area (Å²) in [4.78, 5) is 0. The van der Waals surface area contributed by atoms with Crippen LogP contribution in [0.25, 0.3) is 0 Å². The van der Waals surface area contributed by atoms with Gasteiger partial charge in [-0.15, -0.1) is 0 Å². The first kappa shape index (κ1) is 26.7. The molecule has 7 heteroatoms. The number of hydrogen-bond acceptors (Lipinski definition) is 3. The second-order valence-electron chi connectivity index (χ2n) is 8.28. The average molecular weight is 457 g/mol. The van der Waals surface area contributed by atoms with Gasteiger partial charge in [0.05, 0.1) is 0 Å². The molecular formula is C23H37O5PS. The maximum Gasteiger partial charge on any atom is 0.394 e. The minimum Gasteiger partial charge on any atom is -0.264 e. The van der Waals surface area contributed by atoms with Gasteiger partial charge < -0.3 is 0 Å². The fraction of sp³-hybridized carbons (Fsp3) is 0.478. The predicted molar refractivity (Wildman–Crippen MR) is 129 cm³/mol. The number of unbranched alkanes of at least 4 members (excludes halogenated alkanes) is 1. The summed E-state index contributed by atoms with van der Waals surface area (Å²) in [7, 11) is -6.57. The zero-order chi connectivity index (χ0) is 22.8. The van der Waals surface area contributed by atoms with Crippen molar-refractivity contribution in [1.82, 2.24) is 0 Å². The van der Waals surface area contributed by atoms with Crippen molar-refractivity contribution in [2.45, 2.75) is 46.6 Å². The fourth-order valence-electron chi connectivity index (χ4n) is 4.11. The number of aliphatic hydroxyl groups excluding tert-OH is 1. The van der Waals surface area contributed by atoms with Crippen LogP contribution in [0.2, 0.25) is 0 Å². The van der Waals surface area contributed by atoms with Crippen LogP contribution in [0.3, 0.4) is 0 Å². The van der Waals surface area contributed by atoms with E-state index in [-0.39, 0.29) is 6.10 Å². The van der Waals surface area contributed by atoms with E-state index < -0.39 is 17.7 Å². The molecule has 0 amide bonds. The molecule has 0 radical (unpaired) electrons. The summed E-state index contributed by atoms with van der Waals surface area (Å²) in [5.41, 5.74) is 0. The van der Waals surface area contributed by atoms with E-state index in [1.807, 2.05) is 0 Å². The van der Waals surface area contributed by atoms with Crippen LogP contribution in [0.4, 0.5) is 0 Å². The van der Waals surface area contributed by atoms with E-state index in [9.17, 15) is 5.11 Å². The van der Waals surface area contributed by atoms with Crippen molar-refractivity contribution >= 4 is 28.3 Å². The average Bonchev–Trinajstić information content (AvgIpc) is 2.70. The monoisotopic (exact) mass is 456 g/mol. The van der Waals surface area contributed by atoms with Gasteiger partial charge in [0.1, 0.15) is 0 Å². The molecule has 30 heavy (non-hydrogen) atoms. The summed E-state index contributed by atoms with van der Waals surface area (Å²) in [5.74, 6) is 0.614. The van der Waals surface area contributed by atoms with Crippen molar-refractivity contribution in [2.75, 3.05) is 12.3 Å². The molecule has 0 aliphatic rings. The summed E-state index contributed by atoms with van der Waals surface area (Å²) < 4.78 is 31.6. The Labute approximate surface area is 182 Å². The summed E-state index contributed by atoms with van der Waals surface area (Å²) in [6, 6.07) is 22.2. The summed E-state index contributed by atoms with van der Waals surface area (Å²) in [6.45, 7) is 8.77. The minimum absolute atomic E-state index is 0.235. The molecule has 0 heterocycles. The summed E-state index contributed by atoms with van der Waals surface area (Å²) >= 11 is 0. The van der Waals surface area contributed by atoms with Gasteiger partial charge in [0.25, 0.3) is 0 Å².